The van der Waals surface area contributed by atoms with Crippen LogP contribution in [0.15, 0.2) is 41.3 Å². The molecule has 2 aromatic heterocycles. The molecule has 172 valence electrons. The van der Waals surface area contributed by atoms with Crippen molar-refractivity contribution in [2.45, 2.75) is 30.5 Å². The molecule has 0 saturated carbocycles. The van der Waals surface area contributed by atoms with Crippen LogP contribution in [0.4, 0.5) is 18.9 Å². The van der Waals surface area contributed by atoms with E-state index in [2.05, 4.69) is 9.97 Å². The van der Waals surface area contributed by atoms with E-state index < -0.39 is 53.8 Å². The molecule has 0 aliphatic carbocycles. The van der Waals surface area contributed by atoms with Gasteiger partial charge in [0.05, 0.1) is 28.9 Å². The third-order valence-electron chi connectivity index (χ3n) is 4.87. The number of benzene rings is 1. The van der Waals surface area contributed by atoms with Gasteiger partial charge in [0.2, 0.25) is 0 Å². The molecule has 32 heavy (non-hydrogen) atoms. The first kappa shape index (κ1) is 22.0. The van der Waals surface area contributed by atoms with Gasteiger partial charge in [-0.1, -0.05) is 6.07 Å². The summed E-state index contributed by atoms with van der Waals surface area (Å²) in [5.74, 6) is 0. The van der Waals surface area contributed by atoms with Gasteiger partial charge in [-0.15, -0.1) is 0 Å². The number of rotatable bonds is 8. The van der Waals surface area contributed by atoms with E-state index in [4.69, 9.17) is 6.52 Å². The van der Waals surface area contributed by atoms with Crippen LogP contribution in [0.3, 0.4) is 0 Å². The zero-order valence-corrected chi connectivity index (χ0v) is 16.2. The van der Waals surface area contributed by atoms with Gasteiger partial charge >= 0.3 is 6.18 Å². The number of aliphatic hydroxyl groups is 4. The molecule has 0 aliphatic rings. The molecule has 0 spiro atoms. The van der Waals surface area contributed by atoms with Crippen LogP contribution in [0.1, 0.15) is 5.56 Å². The average Bonchev–Trinajstić information content (AvgIpc) is 3.30. The van der Waals surface area contributed by atoms with Crippen molar-refractivity contribution in [1.82, 2.24) is 9.97 Å². The number of nitrogens with one attached hydrogen (secondary N) is 3. The Kier molecular flexibility index (Phi) is 6.28. The van der Waals surface area contributed by atoms with E-state index in [9.17, 15) is 38.1 Å². The maximum atomic E-state index is 13.9. The third kappa shape index (κ3) is 4.53. The lowest BCUT2D eigenvalue weighted by atomic mass is 9.99. The number of alkyl halides is 3. The normalized spacial score (nSPS) is 16.3. The number of carbonyl (C=O) groups is 1. The highest BCUT2D eigenvalue weighted by Gasteiger charge is 2.38. The van der Waals surface area contributed by atoms with Gasteiger partial charge < -0.3 is 40.5 Å². The summed E-state index contributed by atoms with van der Waals surface area (Å²) >= 11 is 0. The molecule has 0 bridgehead atoms. The van der Waals surface area contributed by atoms with Crippen molar-refractivity contribution in [2.24, 2.45) is 0 Å². The number of hydrogen-bond donors (Lipinski definition) is 7. The van der Waals surface area contributed by atoms with Gasteiger partial charge in [0.1, 0.15) is 30.6 Å². The lowest BCUT2D eigenvalue weighted by molar-refractivity contribution is -0.135. The van der Waals surface area contributed by atoms with E-state index in [1.807, 2.05) is 0 Å². The molecule has 0 radical (unpaired) electrons. The van der Waals surface area contributed by atoms with Crippen molar-refractivity contribution < 1.29 is 39.8 Å². The zero-order valence-electron chi connectivity index (χ0n) is 17.2. The number of hydrogen-bond acceptors (Lipinski definition) is 7. The van der Waals surface area contributed by atoms with Crippen molar-refractivity contribution in [3.8, 4) is 11.3 Å². The van der Waals surface area contributed by atoms with E-state index in [1.165, 1.54) is 18.3 Å². The van der Waals surface area contributed by atoms with Crippen molar-refractivity contribution >= 4 is 22.9 Å². The number of anilines is 1. The summed E-state index contributed by atoms with van der Waals surface area (Å²) in [6.07, 6.45) is -9.25. The topological polar surface area (TPSA) is 159 Å². The standard InChI is InChI=1S/C20H20F3N3O6/c21-20(22,23)16-10-4-3-9(25-13(7-27)17(30)18(31)14(29)8-28)6-12(10)26-19(32)15(16)11-2-1-5-24-11/h1-7,13-14,17-18,24-25,28-31H,8H2,(H,26,32)/t13-,14+,17+,18+/m0/s1/i/hD. The Bertz CT molecular complexity index is 1180. The van der Waals surface area contributed by atoms with Crippen LogP contribution in [-0.2, 0) is 11.0 Å². The fourth-order valence-electron chi connectivity index (χ4n) is 3.30. The van der Waals surface area contributed by atoms with Crippen LogP contribution in [0.25, 0.3) is 22.2 Å². The van der Waals surface area contributed by atoms with E-state index in [1.54, 1.807) is 0 Å². The minimum Gasteiger partial charge on any atom is -0.394 e. The second-order valence-corrected chi connectivity index (χ2v) is 7.00. The van der Waals surface area contributed by atoms with Crippen LogP contribution in [0, 0.1) is 0 Å². The molecule has 3 rings (SSSR count). The van der Waals surface area contributed by atoms with E-state index >= 15 is 0 Å². The van der Waals surface area contributed by atoms with E-state index in [-0.39, 0.29) is 28.6 Å². The van der Waals surface area contributed by atoms with Crippen molar-refractivity contribution in [1.29, 1.82) is 0 Å². The second-order valence-electron chi connectivity index (χ2n) is 7.00. The molecule has 3 aromatic rings. The summed E-state index contributed by atoms with van der Waals surface area (Å²) in [6.45, 7) is -0.928. The van der Waals surface area contributed by atoms with Gasteiger partial charge in [-0.3, -0.25) is 4.79 Å². The number of aliphatic hydroxyl groups excluding tert-OH is 4. The highest BCUT2D eigenvalue weighted by Crippen LogP contribution is 2.39. The summed E-state index contributed by atoms with van der Waals surface area (Å²) in [4.78, 5) is 28.9. The minimum absolute atomic E-state index is 0.0442. The first-order valence-corrected chi connectivity index (χ1v) is 9.30. The number of halogens is 3. The summed E-state index contributed by atoms with van der Waals surface area (Å²) in [5, 5.41) is 38.4. The smallest absolute Gasteiger partial charge is 0.394 e. The van der Waals surface area contributed by atoms with Gasteiger partial charge in [0, 0.05) is 17.3 Å². The van der Waals surface area contributed by atoms with Crippen LogP contribution >= 0.6 is 0 Å². The molecule has 9 nitrogen and oxygen atoms in total. The number of fused-ring (bicyclic) bond motifs is 1. The molecular formula is C20H20F3N3O6. The first-order valence-electron chi connectivity index (χ1n) is 9.75. The number of aromatic nitrogens is 2. The van der Waals surface area contributed by atoms with Gasteiger partial charge in [-0.2, -0.15) is 13.2 Å². The lowest BCUT2D eigenvalue weighted by Crippen LogP contribution is -2.49. The molecule has 0 saturated heterocycles. The van der Waals surface area contributed by atoms with E-state index in [0.29, 0.717) is 5.31 Å². The predicted molar refractivity (Wildman–Crippen MR) is 108 cm³/mol. The molecule has 2 heterocycles. The van der Waals surface area contributed by atoms with Gasteiger partial charge in [-0.05, 0) is 24.3 Å². The van der Waals surface area contributed by atoms with Crippen molar-refractivity contribution in [3.63, 3.8) is 0 Å². The molecule has 0 unspecified atom stereocenters. The monoisotopic (exact) mass is 456 g/mol. The quantitative estimate of drug-likeness (QED) is 0.245. The summed E-state index contributed by atoms with van der Waals surface area (Å²) < 4.78 is 49.9. The zero-order chi connectivity index (χ0) is 24.5. The first-order chi connectivity index (χ1) is 15.5. The molecule has 1 aromatic carbocycles. The predicted octanol–water partition coefficient (Wildman–Crippen LogP) is 0.596. The molecule has 0 amide bonds. The summed E-state index contributed by atoms with van der Waals surface area (Å²) in [5.41, 5.74) is -3.37. The Morgan fingerprint density at radius 2 is 1.91 bits per heavy atom. The van der Waals surface area contributed by atoms with Gasteiger partial charge in [0.15, 0.2) is 1.41 Å². The van der Waals surface area contributed by atoms with E-state index in [0.717, 1.165) is 18.2 Å². The maximum absolute atomic E-state index is 13.9. The average molecular weight is 456 g/mol. The molecular weight excluding hydrogens is 435 g/mol. The molecule has 7 N–H and O–H groups in total. The largest absolute Gasteiger partial charge is 0.417 e. The third-order valence-corrected chi connectivity index (χ3v) is 4.87. The Morgan fingerprint density at radius 1 is 1.19 bits per heavy atom. The number of pyridine rings is 1. The highest BCUT2D eigenvalue weighted by atomic mass is 19.4. The number of H-pyrrole nitrogens is 2. The highest BCUT2D eigenvalue weighted by molar-refractivity contribution is 5.91. The molecule has 0 aliphatic heterocycles. The minimum atomic E-state index is -4.90. The van der Waals surface area contributed by atoms with Crippen molar-refractivity contribution in [3.05, 3.63) is 52.4 Å². The molecule has 4 atom stereocenters. The number of aldehydes is 1. The summed E-state index contributed by atoms with van der Waals surface area (Å²) in [6, 6.07) is 4.08. The van der Waals surface area contributed by atoms with Gasteiger partial charge in [-0.25, -0.2) is 0 Å². The Balaban J connectivity index is 2.11. The Morgan fingerprint density at radius 3 is 2.47 bits per heavy atom. The fourth-order valence-corrected chi connectivity index (χ4v) is 3.30. The Hall–Kier alpha value is -3.19. The van der Waals surface area contributed by atoms with Crippen LogP contribution in [0.5, 0.6) is 0 Å². The SMILES string of the molecule is [2H]N(c1ccc2c(C(F)(F)F)c(-c3ccc[nH]3)c(=O)[nH]c2c1)[C@@H](C=O)[C@@H](O)[C@H](O)[C@H](O)CO. The van der Waals surface area contributed by atoms with Crippen LogP contribution in [0.2, 0.25) is 1.41 Å². The van der Waals surface area contributed by atoms with Crippen LogP contribution in [-0.4, -0.2) is 67.6 Å². The Labute approximate surface area is 179 Å². The second kappa shape index (κ2) is 9.12. The summed E-state index contributed by atoms with van der Waals surface area (Å²) in [7, 11) is 0. The van der Waals surface area contributed by atoms with Crippen LogP contribution < -0.4 is 10.9 Å². The lowest BCUT2D eigenvalue weighted by Gasteiger charge is -2.27. The number of aromatic amines is 2. The maximum Gasteiger partial charge on any atom is 0.417 e. The number of carbonyl (C=O) groups excluding carboxylic acids is 1. The molecule has 0 fully saturated rings. The van der Waals surface area contributed by atoms with Crippen molar-refractivity contribution in [2.75, 3.05) is 11.9 Å². The fraction of sp³-hybridized carbons (Fsp3) is 0.300. The molecule has 12 heteroatoms. The van der Waals surface area contributed by atoms with Gasteiger partial charge in [0.25, 0.3) is 5.56 Å².